The predicted molar refractivity (Wildman–Crippen MR) is 70.3 cm³/mol. The molecule has 1 saturated heterocycles. The number of fused-ring (bicyclic) bond motifs is 1. The van der Waals surface area contributed by atoms with Crippen LogP contribution in [0.1, 0.15) is 23.9 Å². The average molecular weight is 270 g/mol. The summed E-state index contributed by atoms with van der Waals surface area (Å²) in [5.74, 6) is 1.22. The van der Waals surface area contributed by atoms with Gasteiger partial charge < -0.3 is 4.74 Å². The predicted octanol–water partition coefficient (Wildman–Crippen LogP) is 0.873. The van der Waals surface area contributed by atoms with E-state index in [1.54, 1.807) is 4.68 Å². The highest BCUT2D eigenvalue weighted by molar-refractivity contribution is 5.36. The molecule has 0 bridgehead atoms. The summed E-state index contributed by atoms with van der Waals surface area (Å²) in [7, 11) is 0. The van der Waals surface area contributed by atoms with E-state index < -0.39 is 0 Å². The summed E-state index contributed by atoms with van der Waals surface area (Å²) in [6.45, 7) is 2.12. The Morgan fingerprint density at radius 3 is 3.15 bits per heavy atom. The lowest BCUT2D eigenvalue weighted by atomic mass is 10.1. The number of aromatic nitrogens is 6. The van der Waals surface area contributed by atoms with E-state index in [-0.39, 0.29) is 0 Å². The fraction of sp³-hybridized carbons (Fsp3) is 0.385. The second kappa shape index (κ2) is 4.68. The van der Waals surface area contributed by atoms with E-state index in [0.717, 1.165) is 36.8 Å². The highest BCUT2D eigenvalue weighted by Crippen LogP contribution is 2.22. The van der Waals surface area contributed by atoms with Gasteiger partial charge in [-0.05, 0) is 18.6 Å². The monoisotopic (exact) mass is 270 g/mol. The third kappa shape index (κ3) is 1.96. The number of hydrogen-bond donors (Lipinski definition) is 0. The molecule has 0 radical (unpaired) electrons. The van der Waals surface area contributed by atoms with Crippen LogP contribution >= 0.6 is 0 Å². The molecule has 7 nitrogen and oxygen atoms in total. The molecule has 0 saturated carbocycles. The van der Waals surface area contributed by atoms with Crippen LogP contribution in [0.15, 0.2) is 30.6 Å². The van der Waals surface area contributed by atoms with Crippen LogP contribution in [0.5, 0.6) is 0 Å². The summed E-state index contributed by atoms with van der Waals surface area (Å²) < 4.78 is 9.14. The zero-order chi connectivity index (χ0) is 13.4. The summed E-state index contributed by atoms with van der Waals surface area (Å²) in [4.78, 5) is 0. The van der Waals surface area contributed by atoms with Crippen LogP contribution in [0.25, 0.3) is 5.65 Å². The summed E-state index contributed by atoms with van der Waals surface area (Å²) in [5.41, 5.74) is 1.84. The van der Waals surface area contributed by atoms with E-state index in [2.05, 4.69) is 20.5 Å². The topological polar surface area (TPSA) is 70.1 Å². The van der Waals surface area contributed by atoms with E-state index in [1.807, 2.05) is 35.0 Å². The van der Waals surface area contributed by atoms with Crippen molar-refractivity contribution >= 4 is 5.65 Å². The van der Waals surface area contributed by atoms with E-state index in [1.165, 1.54) is 0 Å². The highest BCUT2D eigenvalue weighted by atomic mass is 16.5. The molecule has 1 atom stereocenters. The van der Waals surface area contributed by atoms with Gasteiger partial charge in [0.25, 0.3) is 0 Å². The average Bonchev–Trinajstić information content (AvgIpc) is 3.19. The first kappa shape index (κ1) is 11.5. The molecule has 1 fully saturated rings. The molecule has 0 amide bonds. The Labute approximate surface area is 115 Å². The summed E-state index contributed by atoms with van der Waals surface area (Å²) in [6, 6.07) is 5.84. The van der Waals surface area contributed by atoms with Gasteiger partial charge >= 0.3 is 0 Å². The van der Waals surface area contributed by atoms with Gasteiger partial charge in [-0.3, -0.25) is 4.40 Å². The lowest BCUT2D eigenvalue weighted by molar-refractivity contribution is 0.193. The molecule has 0 N–H and O–H groups in total. The lowest BCUT2D eigenvalue weighted by Crippen LogP contribution is -2.05. The van der Waals surface area contributed by atoms with Crippen LogP contribution in [0.2, 0.25) is 0 Å². The number of nitrogens with zero attached hydrogens (tertiary/aromatic N) is 6. The third-order valence-electron chi connectivity index (χ3n) is 3.59. The van der Waals surface area contributed by atoms with E-state index in [0.29, 0.717) is 12.5 Å². The molecule has 1 aliphatic heterocycles. The van der Waals surface area contributed by atoms with Crippen LogP contribution in [0, 0.1) is 0 Å². The van der Waals surface area contributed by atoms with Crippen molar-refractivity contribution < 1.29 is 4.74 Å². The largest absolute Gasteiger partial charge is 0.381 e. The first-order valence-corrected chi connectivity index (χ1v) is 6.66. The molecule has 20 heavy (non-hydrogen) atoms. The van der Waals surface area contributed by atoms with Crippen molar-refractivity contribution in [2.45, 2.75) is 18.9 Å². The fourth-order valence-electron chi connectivity index (χ4n) is 2.49. The standard InChI is InChI=1S/C13H14N6O/c1-2-5-19-12(3-1)15-16-13(19)8-18-7-11(14-17-18)10-4-6-20-9-10/h1-3,5,7,10H,4,6,8-9H2. The molecular formula is C13H14N6O. The van der Waals surface area contributed by atoms with Crippen LogP contribution in [0.3, 0.4) is 0 Å². The van der Waals surface area contributed by atoms with Gasteiger partial charge in [0.05, 0.1) is 12.3 Å². The number of rotatable bonds is 3. The Hall–Kier alpha value is -2.28. The Balaban J connectivity index is 1.59. The van der Waals surface area contributed by atoms with E-state index >= 15 is 0 Å². The van der Waals surface area contributed by atoms with Crippen molar-refractivity contribution in [2.24, 2.45) is 0 Å². The van der Waals surface area contributed by atoms with Gasteiger partial charge in [0, 0.05) is 24.9 Å². The van der Waals surface area contributed by atoms with Crippen LogP contribution in [-0.2, 0) is 11.3 Å². The Morgan fingerprint density at radius 2 is 2.25 bits per heavy atom. The van der Waals surface area contributed by atoms with Crippen LogP contribution < -0.4 is 0 Å². The Morgan fingerprint density at radius 1 is 1.25 bits per heavy atom. The minimum atomic E-state index is 0.374. The van der Waals surface area contributed by atoms with Crippen LogP contribution in [-0.4, -0.2) is 42.8 Å². The molecule has 3 aromatic rings. The molecule has 0 aliphatic carbocycles. The van der Waals surface area contributed by atoms with Gasteiger partial charge in [0.2, 0.25) is 0 Å². The molecule has 4 rings (SSSR count). The first-order chi connectivity index (χ1) is 9.90. The normalized spacial score (nSPS) is 18.9. The van der Waals surface area contributed by atoms with Crippen molar-refractivity contribution in [3.63, 3.8) is 0 Å². The third-order valence-corrected chi connectivity index (χ3v) is 3.59. The van der Waals surface area contributed by atoms with Crippen molar-refractivity contribution in [3.8, 4) is 0 Å². The molecule has 7 heteroatoms. The van der Waals surface area contributed by atoms with Crippen molar-refractivity contribution in [2.75, 3.05) is 13.2 Å². The summed E-state index contributed by atoms with van der Waals surface area (Å²) in [6.07, 6.45) is 4.95. The first-order valence-electron chi connectivity index (χ1n) is 6.66. The SMILES string of the molecule is c1ccn2c(Cn3cc(C4CCOC4)nn3)nnc2c1. The van der Waals surface area contributed by atoms with Gasteiger partial charge in [0.1, 0.15) is 6.54 Å². The molecule has 0 spiro atoms. The molecule has 102 valence electrons. The summed E-state index contributed by atoms with van der Waals surface area (Å²) >= 11 is 0. The maximum atomic E-state index is 5.38. The second-order valence-electron chi connectivity index (χ2n) is 4.95. The fourth-order valence-corrected chi connectivity index (χ4v) is 2.49. The number of ether oxygens (including phenoxy) is 1. The Bertz CT molecular complexity index is 727. The molecule has 3 aromatic heterocycles. The number of hydrogen-bond acceptors (Lipinski definition) is 5. The number of pyridine rings is 1. The van der Waals surface area contributed by atoms with Gasteiger partial charge in [0.15, 0.2) is 11.5 Å². The van der Waals surface area contributed by atoms with Crippen molar-refractivity contribution in [1.29, 1.82) is 0 Å². The molecule has 1 unspecified atom stereocenters. The molecular weight excluding hydrogens is 256 g/mol. The minimum Gasteiger partial charge on any atom is -0.381 e. The molecule has 1 aliphatic rings. The maximum absolute atomic E-state index is 5.38. The second-order valence-corrected chi connectivity index (χ2v) is 4.95. The van der Waals surface area contributed by atoms with Gasteiger partial charge in [-0.1, -0.05) is 11.3 Å². The van der Waals surface area contributed by atoms with E-state index in [4.69, 9.17) is 4.74 Å². The minimum absolute atomic E-state index is 0.374. The van der Waals surface area contributed by atoms with E-state index in [9.17, 15) is 0 Å². The Kier molecular flexibility index (Phi) is 2.70. The zero-order valence-electron chi connectivity index (χ0n) is 10.9. The van der Waals surface area contributed by atoms with Crippen molar-refractivity contribution in [3.05, 3.63) is 42.1 Å². The molecule has 4 heterocycles. The zero-order valence-corrected chi connectivity index (χ0v) is 10.9. The maximum Gasteiger partial charge on any atom is 0.160 e. The van der Waals surface area contributed by atoms with Crippen molar-refractivity contribution in [1.82, 2.24) is 29.6 Å². The molecule has 0 aromatic carbocycles. The lowest BCUT2D eigenvalue weighted by Gasteiger charge is -2.01. The van der Waals surface area contributed by atoms with Gasteiger partial charge in [-0.15, -0.1) is 15.3 Å². The van der Waals surface area contributed by atoms with Gasteiger partial charge in [-0.25, -0.2) is 4.68 Å². The summed E-state index contributed by atoms with van der Waals surface area (Å²) in [5, 5.41) is 16.7. The smallest absolute Gasteiger partial charge is 0.160 e. The van der Waals surface area contributed by atoms with Crippen LogP contribution in [0.4, 0.5) is 0 Å². The highest BCUT2D eigenvalue weighted by Gasteiger charge is 2.21. The quantitative estimate of drug-likeness (QED) is 0.706. The van der Waals surface area contributed by atoms with Gasteiger partial charge in [-0.2, -0.15) is 0 Å².